The van der Waals surface area contributed by atoms with Crippen LogP contribution in [0, 0.1) is 20.8 Å². The molecule has 2 rings (SSSR count). The Kier molecular flexibility index (Phi) is 6.57. The predicted molar refractivity (Wildman–Crippen MR) is 105 cm³/mol. The Morgan fingerprint density at radius 1 is 1.04 bits per heavy atom. The normalized spacial score (nSPS) is 10.3. The van der Waals surface area contributed by atoms with Crippen molar-refractivity contribution < 1.29 is 23.9 Å². The predicted octanol–water partition coefficient (Wildman–Crippen LogP) is 3.30. The fourth-order valence-corrected chi connectivity index (χ4v) is 3.64. The molecular weight excluding hydrogens is 368 g/mol. The van der Waals surface area contributed by atoms with Gasteiger partial charge in [0, 0.05) is 5.69 Å². The van der Waals surface area contributed by atoms with E-state index in [0.29, 0.717) is 5.56 Å². The lowest BCUT2D eigenvalue weighted by Crippen LogP contribution is -2.22. The Hall–Kier alpha value is -2.87. The Bertz CT molecular complexity index is 888. The van der Waals surface area contributed by atoms with Gasteiger partial charge in [0.2, 0.25) is 5.91 Å². The molecule has 1 heterocycles. The van der Waals surface area contributed by atoms with E-state index >= 15 is 0 Å². The molecule has 8 heteroatoms. The number of amides is 1. The molecule has 0 fully saturated rings. The fourth-order valence-electron chi connectivity index (χ4n) is 2.51. The molecule has 1 aromatic carbocycles. The average molecular weight is 390 g/mol. The first-order valence-corrected chi connectivity index (χ1v) is 9.01. The van der Waals surface area contributed by atoms with Crippen LogP contribution in [-0.2, 0) is 14.3 Å². The van der Waals surface area contributed by atoms with E-state index < -0.39 is 11.9 Å². The monoisotopic (exact) mass is 390 g/mol. The zero-order chi connectivity index (χ0) is 20.1. The van der Waals surface area contributed by atoms with Gasteiger partial charge in [-0.15, -0.1) is 11.3 Å². The lowest BCUT2D eigenvalue weighted by molar-refractivity contribution is -0.114. The first kappa shape index (κ1) is 20.4. The number of methoxy groups -OCH3 is 2. The third-order valence-electron chi connectivity index (χ3n) is 3.99. The van der Waals surface area contributed by atoms with Gasteiger partial charge in [-0.2, -0.15) is 0 Å². The van der Waals surface area contributed by atoms with Crippen molar-refractivity contribution in [1.29, 1.82) is 0 Å². The number of ether oxygens (including phenoxy) is 2. The molecule has 0 aliphatic heterocycles. The molecule has 144 valence electrons. The van der Waals surface area contributed by atoms with Crippen LogP contribution in [0.2, 0.25) is 0 Å². The van der Waals surface area contributed by atoms with E-state index in [1.807, 2.05) is 32.0 Å². The number of hydrogen-bond acceptors (Lipinski definition) is 7. The summed E-state index contributed by atoms with van der Waals surface area (Å²) in [7, 11) is 2.50. The molecule has 0 aliphatic carbocycles. The summed E-state index contributed by atoms with van der Waals surface area (Å²) >= 11 is 0.983. The van der Waals surface area contributed by atoms with Crippen molar-refractivity contribution in [2.24, 2.45) is 0 Å². The maximum Gasteiger partial charge on any atom is 0.348 e. The second-order valence-electron chi connectivity index (χ2n) is 5.96. The lowest BCUT2D eigenvalue weighted by atomic mass is 10.1. The third-order valence-corrected chi connectivity index (χ3v) is 5.18. The van der Waals surface area contributed by atoms with Gasteiger partial charge < -0.3 is 20.1 Å². The molecule has 0 aliphatic rings. The number of carbonyl (C=O) groups excluding carboxylic acids is 3. The minimum Gasteiger partial charge on any atom is -0.465 e. The van der Waals surface area contributed by atoms with Gasteiger partial charge in [0.25, 0.3) is 0 Å². The van der Waals surface area contributed by atoms with E-state index in [2.05, 4.69) is 10.6 Å². The smallest absolute Gasteiger partial charge is 0.348 e. The lowest BCUT2D eigenvalue weighted by Gasteiger charge is -2.11. The zero-order valence-electron chi connectivity index (χ0n) is 15.9. The molecule has 27 heavy (non-hydrogen) atoms. The SMILES string of the molecule is COC(=O)c1sc(NC(=O)CNc2cc(C)ccc2C)c(C(=O)OC)c1C. The van der Waals surface area contributed by atoms with E-state index in [0.717, 1.165) is 28.2 Å². The summed E-state index contributed by atoms with van der Waals surface area (Å²) < 4.78 is 9.50. The summed E-state index contributed by atoms with van der Waals surface area (Å²) in [5.74, 6) is -1.55. The first-order chi connectivity index (χ1) is 12.8. The van der Waals surface area contributed by atoms with E-state index in [9.17, 15) is 14.4 Å². The molecule has 1 aromatic heterocycles. The number of benzene rings is 1. The number of carbonyl (C=O) groups is 3. The van der Waals surface area contributed by atoms with Gasteiger partial charge in [0.1, 0.15) is 9.88 Å². The van der Waals surface area contributed by atoms with Crippen LogP contribution in [0.15, 0.2) is 18.2 Å². The fraction of sp³-hybridized carbons (Fsp3) is 0.316. The number of anilines is 2. The standard InChI is InChI=1S/C19H22N2O5S/c1-10-6-7-11(2)13(8-10)20-9-14(22)21-17-15(18(23)25-4)12(3)16(27-17)19(24)26-5/h6-8,20H,9H2,1-5H3,(H,21,22). The van der Waals surface area contributed by atoms with Crippen LogP contribution in [0.4, 0.5) is 10.7 Å². The molecule has 0 spiro atoms. The molecule has 7 nitrogen and oxygen atoms in total. The van der Waals surface area contributed by atoms with Crippen molar-refractivity contribution in [2.45, 2.75) is 20.8 Å². The summed E-state index contributed by atoms with van der Waals surface area (Å²) in [5.41, 5.74) is 3.52. The van der Waals surface area contributed by atoms with Gasteiger partial charge in [0.15, 0.2) is 0 Å². The van der Waals surface area contributed by atoms with Crippen molar-refractivity contribution in [3.8, 4) is 0 Å². The van der Waals surface area contributed by atoms with Crippen molar-refractivity contribution in [3.05, 3.63) is 45.3 Å². The number of nitrogens with one attached hydrogen (secondary N) is 2. The molecule has 0 unspecified atom stereocenters. The molecule has 0 atom stereocenters. The Labute approximate surface area is 161 Å². The Morgan fingerprint density at radius 3 is 2.33 bits per heavy atom. The summed E-state index contributed by atoms with van der Waals surface area (Å²) in [4.78, 5) is 36.6. The van der Waals surface area contributed by atoms with E-state index in [4.69, 9.17) is 9.47 Å². The van der Waals surface area contributed by atoms with Gasteiger partial charge in [-0.3, -0.25) is 4.79 Å². The molecule has 2 aromatic rings. The van der Waals surface area contributed by atoms with Crippen molar-refractivity contribution in [2.75, 3.05) is 31.4 Å². The molecular formula is C19H22N2O5S. The third kappa shape index (κ3) is 4.65. The summed E-state index contributed by atoms with van der Waals surface area (Å²) in [6.45, 7) is 5.53. The van der Waals surface area contributed by atoms with Gasteiger partial charge in [-0.1, -0.05) is 12.1 Å². The maximum atomic E-state index is 12.4. The second-order valence-corrected chi connectivity index (χ2v) is 6.98. The number of hydrogen-bond donors (Lipinski definition) is 2. The van der Waals surface area contributed by atoms with Crippen LogP contribution in [0.1, 0.15) is 36.7 Å². The van der Waals surface area contributed by atoms with E-state index in [-0.39, 0.29) is 27.9 Å². The van der Waals surface area contributed by atoms with Crippen LogP contribution < -0.4 is 10.6 Å². The van der Waals surface area contributed by atoms with Crippen molar-refractivity contribution >= 4 is 39.9 Å². The molecule has 0 bridgehead atoms. The van der Waals surface area contributed by atoms with Crippen LogP contribution >= 0.6 is 11.3 Å². The van der Waals surface area contributed by atoms with Crippen molar-refractivity contribution in [1.82, 2.24) is 0 Å². The minimum atomic E-state index is -0.628. The summed E-state index contributed by atoms with van der Waals surface area (Å²) in [6.07, 6.45) is 0. The van der Waals surface area contributed by atoms with Crippen LogP contribution in [0.5, 0.6) is 0 Å². The topological polar surface area (TPSA) is 93.7 Å². The molecule has 1 amide bonds. The number of esters is 2. The minimum absolute atomic E-state index is 0.00934. The summed E-state index contributed by atoms with van der Waals surface area (Å²) in [6, 6.07) is 5.91. The Morgan fingerprint density at radius 2 is 1.70 bits per heavy atom. The largest absolute Gasteiger partial charge is 0.465 e. The highest BCUT2D eigenvalue weighted by molar-refractivity contribution is 7.18. The maximum absolute atomic E-state index is 12.4. The van der Waals surface area contributed by atoms with Crippen LogP contribution in [0.3, 0.4) is 0 Å². The van der Waals surface area contributed by atoms with Crippen LogP contribution in [0.25, 0.3) is 0 Å². The average Bonchev–Trinajstić information content (AvgIpc) is 2.97. The summed E-state index contributed by atoms with van der Waals surface area (Å²) in [5, 5.41) is 6.01. The van der Waals surface area contributed by atoms with Gasteiger partial charge in [-0.25, -0.2) is 9.59 Å². The molecule has 0 radical (unpaired) electrons. The quantitative estimate of drug-likeness (QED) is 0.735. The Balaban J connectivity index is 2.20. The molecule has 0 saturated heterocycles. The second kappa shape index (κ2) is 8.68. The van der Waals surface area contributed by atoms with Crippen molar-refractivity contribution in [3.63, 3.8) is 0 Å². The van der Waals surface area contributed by atoms with Gasteiger partial charge >= 0.3 is 11.9 Å². The number of thiophene rings is 1. The highest BCUT2D eigenvalue weighted by Crippen LogP contribution is 2.34. The number of rotatable bonds is 6. The van der Waals surface area contributed by atoms with Gasteiger partial charge in [0.05, 0.1) is 26.3 Å². The molecule has 2 N–H and O–H groups in total. The van der Waals surface area contributed by atoms with Crippen LogP contribution in [-0.4, -0.2) is 38.6 Å². The number of aryl methyl sites for hydroxylation is 2. The highest BCUT2D eigenvalue weighted by atomic mass is 32.1. The highest BCUT2D eigenvalue weighted by Gasteiger charge is 2.26. The van der Waals surface area contributed by atoms with E-state index in [1.165, 1.54) is 14.2 Å². The zero-order valence-corrected chi connectivity index (χ0v) is 16.7. The first-order valence-electron chi connectivity index (χ1n) is 8.19. The molecule has 0 saturated carbocycles. The van der Waals surface area contributed by atoms with Gasteiger partial charge in [-0.05, 0) is 43.5 Å². The van der Waals surface area contributed by atoms with E-state index in [1.54, 1.807) is 6.92 Å².